The number of carbonyl (C=O) groups is 1. The molecule has 0 aromatic heterocycles. The maximum Gasteiger partial charge on any atom is 0.323 e. The summed E-state index contributed by atoms with van der Waals surface area (Å²) in [5.74, 6) is 0.290. The molecule has 1 unspecified atom stereocenters. The van der Waals surface area contributed by atoms with Crippen LogP contribution < -0.4 is 5.32 Å². The van der Waals surface area contributed by atoms with E-state index in [-0.39, 0.29) is 18.1 Å². The van der Waals surface area contributed by atoms with Gasteiger partial charge in [-0.05, 0) is 30.7 Å². The molecular formula is C18H27NO3. The normalized spacial score (nSPS) is 17.4. The Balaban J connectivity index is 1.87. The number of hydrogen-bond acceptors (Lipinski definition) is 4. The first kappa shape index (κ1) is 17.0. The topological polar surface area (TPSA) is 47.6 Å². The van der Waals surface area contributed by atoms with Crippen molar-refractivity contribution >= 4 is 5.97 Å². The first-order valence-corrected chi connectivity index (χ1v) is 8.19. The molecule has 1 heterocycles. The predicted octanol–water partition coefficient (Wildman–Crippen LogP) is 2.57. The summed E-state index contributed by atoms with van der Waals surface area (Å²) in [6, 6.07) is 10.0. The van der Waals surface area contributed by atoms with Crippen LogP contribution in [-0.4, -0.2) is 37.9 Å². The summed E-state index contributed by atoms with van der Waals surface area (Å²) < 4.78 is 10.9. The monoisotopic (exact) mass is 305 g/mol. The van der Waals surface area contributed by atoms with Gasteiger partial charge in [0.15, 0.2) is 0 Å². The molecule has 0 radical (unpaired) electrons. The Morgan fingerprint density at radius 3 is 2.59 bits per heavy atom. The molecule has 1 aliphatic heterocycles. The van der Waals surface area contributed by atoms with E-state index >= 15 is 0 Å². The van der Waals surface area contributed by atoms with Crippen LogP contribution in [0.4, 0.5) is 0 Å². The molecule has 0 spiro atoms. The summed E-state index contributed by atoms with van der Waals surface area (Å²) in [6.45, 7) is 6.15. The lowest BCUT2D eigenvalue weighted by molar-refractivity contribution is -0.148. The van der Waals surface area contributed by atoms with Gasteiger partial charge in [-0.25, -0.2) is 0 Å². The lowest BCUT2D eigenvalue weighted by Gasteiger charge is -2.24. The number of benzene rings is 1. The SMILES string of the molecule is CC(C)NC(Cc1ccccc1)C(=O)OCC1CCOCC1. The standard InChI is InChI=1S/C18H27NO3/c1-14(2)19-17(12-15-6-4-3-5-7-15)18(20)22-13-16-8-10-21-11-9-16/h3-7,14,16-17,19H,8-13H2,1-2H3. The highest BCUT2D eigenvalue weighted by atomic mass is 16.5. The van der Waals surface area contributed by atoms with Crippen LogP contribution in [0.1, 0.15) is 32.3 Å². The highest BCUT2D eigenvalue weighted by Gasteiger charge is 2.23. The van der Waals surface area contributed by atoms with Crippen molar-refractivity contribution in [3.63, 3.8) is 0 Å². The van der Waals surface area contributed by atoms with Crippen molar-refractivity contribution in [1.82, 2.24) is 5.32 Å². The van der Waals surface area contributed by atoms with Gasteiger partial charge in [-0.15, -0.1) is 0 Å². The van der Waals surface area contributed by atoms with E-state index in [1.807, 2.05) is 44.2 Å². The van der Waals surface area contributed by atoms with Gasteiger partial charge in [0.05, 0.1) is 6.61 Å². The zero-order chi connectivity index (χ0) is 15.8. The molecule has 0 bridgehead atoms. The van der Waals surface area contributed by atoms with E-state index in [9.17, 15) is 4.79 Å². The van der Waals surface area contributed by atoms with Crippen LogP contribution in [0.3, 0.4) is 0 Å². The Labute approximate surface area is 133 Å². The zero-order valence-corrected chi connectivity index (χ0v) is 13.6. The van der Waals surface area contributed by atoms with Gasteiger partial charge in [-0.1, -0.05) is 44.2 Å². The van der Waals surface area contributed by atoms with Crippen molar-refractivity contribution in [2.24, 2.45) is 5.92 Å². The minimum absolute atomic E-state index is 0.149. The van der Waals surface area contributed by atoms with E-state index in [1.165, 1.54) is 0 Å². The van der Waals surface area contributed by atoms with E-state index in [0.29, 0.717) is 18.9 Å². The molecule has 1 aromatic carbocycles. The fraction of sp³-hybridized carbons (Fsp3) is 0.611. The molecule has 0 aliphatic carbocycles. The molecule has 22 heavy (non-hydrogen) atoms. The third kappa shape index (κ3) is 5.78. The molecule has 2 rings (SSSR count). The Morgan fingerprint density at radius 1 is 1.27 bits per heavy atom. The first-order chi connectivity index (χ1) is 10.6. The van der Waals surface area contributed by atoms with Gasteiger partial charge in [0.25, 0.3) is 0 Å². The Kier molecular flexibility index (Phi) is 6.87. The van der Waals surface area contributed by atoms with Crippen molar-refractivity contribution in [2.75, 3.05) is 19.8 Å². The average molecular weight is 305 g/mol. The molecule has 1 aromatic rings. The number of hydrogen-bond donors (Lipinski definition) is 1. The lowest BCUT2D eigenvalue weighted by Crippen LogP contribution is -2.44. The minimum atomic E-state index is -0.290. The largest absolute Gasteiger partial charge is 0.464 e. The van der Waals surface area contributed by atoms with Gasteiger partial charge in [0.2, 0.25) is 0 Å². The summed E-state index contributed by atoms with van der Waals surface area (Å²) in [6.07, 6.45) is 2.62. The Hall–Kier alpha value is -1.39. The summed E-state index contributed by atoms with van der Waals surface area (Å²) in [4.78, 5) is 12.4. The molecule has 1 atom stereocenters. The first-order valence-electron chi connectivity index (χ1n) is 8.19. The van der Waals surface area contributed by atoms with E-state index in [1.54, 1.807) is 0 Å². The molecule has 4 heteroatoms. The average Bonchev–Trinajstić information content (AvgIpc) is 2.53. The van der Waals surface area contributed by atoms with Gasteiger partial charge < -0.3 is 14.8 Å². The van der Waals surface area contributed by atoms with Crippen LogP contribution in [0, 0.1) is 5.92 Å². The van der Waals surface area contributed by atoms with Crippen LogP contribution >= 0.6 is 0 Å². The van der Waals surface area contributed by atoms with Gasteiger partial charge >= 0.3 is 5.97 Å². The second-order valence-electron chi connectivity index (χ2n) is 6.25. The lowest BCUT2D eigenvalue weighted by atomic mass is 10.0. The van der Waals surface area contributed by atoms with Crippen molar-refractivity contribution < 1.29 is 14.3 Å². The molecule has 1 saturated heterocycles. The third-order valence-electron chi connectivity index (χ3n) is 3.90. The highest BCUT2D eigenvalue weighted by Crippen LogP contribution is 2.15. The Bertz CT molecular complexity index is 441. The van der Waals surface area contributed by atoms with Crippen molar-refractivity contribution in [2.45, 2.75) is 45.2 Å². The van der Waals surface area contributed by atoms with E-state index in [4.69, 9.17) is 9.47 Å². The number of ether oxygens (including phenoxy) is 2. The summed E-state index contributed by atoms with van der Waals surface area (Å²) in [7, 11) is 0. The molecule has 1 fully saturated rings. The summed E-state index contributed by atoms with van der Waals surface area (Å²) in [5.41, 5.74) is 1.14. The van der Waals surface area contributed by atoms with Crippen molar-refractivity contribution in [1.29, 1.82) is 0 Å². The van der Waals surface area contributed by atoms with Gasteiger partial charge in [-0.2, -0.15) is 0 Å². The highest BCUT2D eigenvalue weighted by molar-refractivity contribution is 5.76. The molecule has 122 valence electrons. The summed E-state index contributed by atoms with van der Waals surface area (Å²) in [5, 5.41) is 3.32. The molecule has 4 nitrogen and oxygen atoms in total. The maximum absolute atomic E-state index is 12.4. The minimum Gasteiger partial charge on any atom is -0.464 e. The van der Waals surface area contributed by atoms with Crippen LogP contribution in [-0.2, 0) is 20.7 Å². The fourth-order valence-corrected chi connectivity index (χ4v) is 2.68. The van der Waals surface area contributed by atoms with E-state index in [2.05, 4.69) is 5.32 Å². The number of nitrogens with one attached hydrogen (secondary N) is 1. The maximum atomic E-state index is 12.4. The number of rotatable bonds is 7. The summed E-state index contributed by atoms with van der Waals surface area (Å²) >= 11 is 0. The van der Waals surface area contributed by atoms with Crippen LogP contribution in [0.15, 0.2) is 30.3 Å². The van der Waals surface area contributed by atoms with Gasteiger partial charge in [0, 0.05) is 19.3 Å². The molecule has 1 N–H and O–H groups in total. The molecule has 0 amide bonds. The third-order valence-corrected chi connectivity index (χ3v) is 3.90. The number of carbonyl (C=O) groups excluding carboxylic acids is 1. The smallest absolute Gasteiger partial charge is 0.323 e. The molecule has 1 aliphatic rings. The van der Waals surface area contributed by atoms with E-state index in [0.717, 1.165) is 31.6 Å². The van der Waals surface area contributed by atoms with Crippen molar-refractivity contribution in [3.05, 3.63) is 35.9 Å². The van der Waals surface area contributed by atoms with Gasteiger partial charge in [0.1, 0.15) is 6.04 Å². The second kappa shape index (κ2) is 8.91. The van der Waals surface area contributed by atoms with Crippen LogP contribution in [0.25, 0.3) is 0 Å². The van der Waals surface area contributed by atoms with Crippen LogP contribution in [0.2, 0.25) is 0 Å². The Morgan fingerprint density at radius 2 is 1.95 bits per heavy atom. The molecular weight excluding hydrogens is 278 g/mol. The van der Waals surface area contributed by atoms with Crippen LogP contribution in [0.5, 0.6) is 0 Å². The second-order valence-corrected chi connectivity index (χ2v) is 6.25. The predicted molar refractivity (Wildman–Crippen MR) is 86.7 cm³/mol. The van der Waals surface area contributed by atoms with E-state index < -0.39 is 0 Å². The fourth-order valence-electron chi connectivity index (χ4n) is 2.68. The number of esters is 1. The quantitative estimate of drug-likeness (QED) is 0.787. The molecule has 0 saturated carbocycles. The van der Waals surface area contributed by atoms with Gasteiger partial charge in [-0.3, -0.25) is 4.79 Å². The zero-order valence-electron chi connectivity index (χ0n) is 13.6. The van der Waals surface area contributed by atoms with Crippen molar-refractivity contribution in [3.8, 4) is 0 Å².